The number of nitrogens with zero attached hydrogens (tertiary/aromatic N) is 1. The Morgan fingerprint density at radius 1 is 1.50 bits per heavy atom. The number of halogens is 1. The molecule has 0 radical (unpaired) electrons. The molecule has 0 amide bonds. The maximum atomic E-state index is 9.83. The quantitative estimate of drug-likeness (QED) is 0.894. The minimum absolute atomic E-state index is 0.141. The SMILES string of the molecule is CC(C)(C)CC(O)CNc1ncccc1Br. The first-order chi connectivity index (χ1) is 7.38. The van der Waals surface area contributed by atoms with E-state index >= 15 is 0 Å². The van der Waals surface area contributed by atoms with Crippen LogP contribution in [0.3, 0.4) is 0 Å². The summed E-state index contributed by atoms with van der Waals surface area (Å²) in [5.41, 5.74) is 0.141. The van der Waals surface area contributed by atoms with Crippen molar-refractivity contribution in [3.8, 4) is 0 Å². The Morgan fingerprint density at radius 3 is 2.75 bits per heavy atom. The van der Waals surface area contributed by atoms with E-state index in [4.69, 9.17) is 0 Å². The minimum Gasteiger partial charge on any atom is -0.391 e. The van der Waals surface area contributed by atoms with Gasteiger partial charge in [0, 0.05) is 12.7 Å². The molecular weight excluding hydrogens is 268 g/mol. The number of pyridine rings is 1. The highest BCUT2D eigenvalue weighted by Crippen LogP contribution is 2.22. The van der Waals surface area contributed by atoms with E-state index in [2.05, 4.69) is 47.0 Å². The monoisotopic (exact) mass is 286 g/mol. The van der Waals surface area contributed by atoms with Crippen molar-refractivity contribution in [2.45, 2.75) is 33.3 Å². The Balaban J connectivity index is 2.43. The fourth-order valence-electron chi connectivity index (χ4n) is 1.51. The normalized spacial score (nSPS) is 13.6. The Kier molecular flexibility index (Phi) is 4.74. The van der Waals surface area contributed by atoms with Crippen LogP contribution < -0.4 is 5.32 Å². The van der Waals surface area contributed by atoms with Gasteiger partial charge in [-0.15, -0.1) is 0 Å². The molecule has 1 atom stereocenters. The second-order valence-corrected chi connectivity index (χ2v) is 5.99. The van der Waals surface area contributed by atoms with Crippen LogP contribution in [0.25, 0.3) is 0 Å². The lowest BCUT2D eigenvalue weighted by molar-refractivity contribution is 0.132. The topological polar surface area (TPSA) is 45.1 Å². The van der Waals surface area contributed by atoms with Crippen LogP contribution in [0.1, 0.15) is 27.2 Å². The van der Waals surface area contributed by atoms with E-state index in [-0.39, 0.29) is 11.5 Å². The fourth-order valence-corrected chi connectivity index (χ4v) is 1.90. The molecule has 0 aliphatic rings. The summed E-state index contributed by atoms with van der Waals surface area (Å²) in [5, 5.41) is 13.0. The van der Waals surface area contributed by atoms with Gasteiger partial charge in [0.15, 0.2) is 0 Å². The Morgan fingerprint density at radius 2 is 2.19 bits per heavy atom. The minimum atomic E-state index is -0.353. The smallest absolute Gasteiger partial charge is 0.140 e. The van der Waals surface area contributed by atoms with Gasteiger partial charge in [-0.05, 0) is 39.9 Å². The third-order valence-electron chi connectivity index (χ3n) is 2.11. The van der Waals surface area contributed by atoms with Gasteiger partial charge in [0.1, 0.15) is 5.82 Å². The number of rotatable bonds is 4. The van der Waals surface area contributed by atoms with Gasteiger partial charge in [-0.2, -0.15) is 0 Å². The number of aromatic nitrogens is 1. The Labute approximate surface area is 105 Å². The van der Waals surface area contributed by atoms with Gasteiger partial charge >= 0.3 is 0 Å². The summed E-state index contributed by atoms with van der Waals surface area (Å²) in [6, 6.07) is 3.78. The molecule has 0 fully saturated rings. The molecule has 1 heterocycles. The average Bonchev–Trinajstić information content (AvgIpc) is 2.14. The molecule has 0 spiro atoms. The highest BCUT2D eigenvalue weighted by molar-refractivity contribution is 9.10. The molecule has 3 nitrogen and oxygen atoms in total. The first-order valence-electron chi connectivity index (χ1n) is 5.41. The van der Waals surface area contributed by atoms with Crippen molar-refractivity contribution in [1.82, 2.24) is 4.98 Å². The van der Waals surface area contributed by atoms with Gasteiger partial charge in [0.25, 0.3) is 0 Å². The highest BCUT2D eigenvalue weighted by atomic mass is 79.9. The average molecular weight is 287 g/mol. The number of hydrogen-bond donors (Lipinski definition) is 2. The summed E-state index contributed by atoms with van der Waals surface area (Å²) in [4.78, 5) is 4.18. The molecule has 1 aromatic rings. The molecule has 1 unspecified atom stereocenters. The lowest BCUT2D eigenvalue weighted by atomic mass is 9.89. The fraction of sp³-hybridized carbons (Fsp3) is 0.583. The van der Waals surface area contributed by atoms with E-state index in [1.807, 2.05) is 12.1 Å². The van der Waals surface area contributed by atoms with Gasteiger partial charge in [-0.25, -0.2) is 4.98 Å². The van der Waals surface area contributed by atoms with E-state index in [1.165, 1.54) is 0 Å². The van der Waals surface area contributed by atoms with E-state index in [0.717, 1.165) is 16.7 Å². The highest BCUT2D eigenvalue weighted by Gasteiger charge is 2.16. The maximum Gasteiger partial charge on any atom is 0.140 e. The summed E-state index contributed by atoms with van der Waals surface area (Å²) in [6.45, 7) is 6.87. The van der Waals surface area contributed by atoms with Crippen LogP contribution in [-0.4, -0.2) is 22.7 Å². The summed E-state index contributed by atoms with van der Waals surface area (Å²) in [6.07, 6.45) is 2.14. The van der Waals surface area contributed by atoms with Gasteiger partial charge in [-0.3, -0.25) is 0 Å². The van der Waals surface area contributed by atoms with E-state index in [1.54, 1.807) is 6.20 Å². The van der Waals surface area contributed by atoms with E-state index in [9.17, 15) is 5.11 Å². The molecule has 0 saturated heterocycles. The van der Waals surface area contributed by atoms with Crippen molar-refractivity contribution < 1.29 is 5.11 Å². The standard InChI is InChI=1S/C12H19BrN2O/c1-12(2,3)7-9(16)8-15-11-10(13)5-4-6-14-11/h4-6,9,16H,7-8H2,1-3H3,(H,14,15). The molecule has 0 bridgehead atoms. The van der Waals surface area contributed by atoms with Crippen LogP contribution in [0, 0.1) is 5.41 Å². The number of aliphatic hydroxyl groups excluding tert-OH is 1. The number of hydrogen-bond acceptors (Lipinski definition) is 3. The third kappa shape index (κ3) is 4.94. The Hall–Kier alpha value is -0.610. The summed E-state index contributed by atoms with van der Waals surface area (Å²) in [7, 11) is 0. The zero-order valence-electron chi connectivity index (χ0n) is 10.00. The van der Waals surface area contributed by atoms with Crippen LogP contribution in [0.2, 0.25) is 0 Å². The molecule has 0 saturated carbocycles. The van der Waals surface area contributed by atoms with Crippen molar-refractivity contribution in [3.05, 3.63) is 22.8 Å². The number of aliphatic hydroxyl groups is 1. The van der Waals surface area contributed by atoms with Crippen molar-refractivity contribution in [1.29, 1.82) is 0 Å². The van der Waals surface area contributed by atoms with Gasteiger partial charge in [-0.1, -0.05) is 20.8 Å². The second kappa shape index (κ2) is 5.64. The molecule has 16 heavy (non-hydrogen) atoms. The van der Waals surface area contributed by atoms with Gasteiger partial charge < -0.3 is 10.4 Å². The summed E-state index contributed by atoms with van der Waals surface area (Å²) in [5.74, 6) is 0.774. The van der Waals surface area contributed by atoms with Crippen LogP contribution in [0.4, 0.5) is 5.82 Å². The lowest BCUT2D eigenvalue weighted by Crippen LogP contribution is -2.25. The van der Waals surface area contributed by atoms with Crippen LogP contribution >= 0.6 is 15.9 Å². The maximum absolute atomic E-state index is 9.83. The zero-order chi connectivity index (χ0) is 12.2. The lowest BCUT2D eigenvalue weighted by Gasteiger charge is -2.22. The molecule has 2 N–H and O–H groups in total. The number of nitrogens with one attached hydrogen (secondary N) is 1. The van der Waals surface area contributed by atoms with Crippen LogP contribution in [0.5, 0.6) is 0 Å². The van der Waals surface area contributed by atoms with E-state index < -0.39 is 0 Å². The third-order valence-corrected chi connectivity index (χ3v) is 2.75. The predicted molar refractivity (Wildman–Crippen MR) is 70.5 cm³/mol. The summed E-state index contributed by atoms with van der Waals surface area (Å²) < 4.78 is 0.915. The van der Waals surface area contributed by atoms with Gasteiger partial charge in [0.05, 0.1) is 10.6 Å². The molecule has 0 aliphatic carbocycles. The molecule has 4 heteroatoms. The van der Waals surface area contributed by atoms with Crippen molar-refractivity contribution in [3.63, 3.8) is 0 Å². The molecule has 1 rings (SSSR count). The molecule has 0 aliphatic heterocycles. The Bertz CT molecular complexity index is 336. The first-order valence-corrected chi connectivity index (χ1v) is 6.20. The van der Waals surface area contributed by atoms with Gasteiger partial charge in [0.2, 0.25) is 0 Å². The largest absolute Gasteiger partial charge is 0.391 e. The molecule has 0 aromatic carbocycles. The number of anilines is 1. The van der Waals surface area contributed by atoms with E-state index in [0.29, 0.717) is 6.54 Å². The first kappa shape index (κ1) is 13.5. The van der Waals surface area contributed by atoms with Crippen LogP contribution in [0.15, 0.2) is 22.8 Å². The zero-order valence-corrected chi connectivity index (χ0v) is 11.6. The predicted octanol–water partition coefficient (Wildman–Crippen LogP) is 3.05. The van der Waals surface area contributed by atoms with Crippen LogP contribution in [-0.2, 0) is 0 Å². The summed E-state index contributed by atoms with van der Waals surface area (Å²) >= 11 is 3.40. The molecule has 90 valence electrons. The second-order valence-electron chi connectivity index (χ2n) is 5.13. The molecule has 1 aromatic heterocycles. The van der Waals surface area contributed by atoms with Crippen molar-refractivity contribution in [2.75, 3.05) is 11.9 Å². The van der Waals surface area contributed by atoms with Crippen molar-refractivity contribution >= 4 is 21.7 Å². The molecular formula is C12H19BrN2O. The van der Waals surface area contributed by atoms with Crippen molar-refractivity contribution in [2.24, 2.45) is 5.41 Å².